The van der Waals surface area contributed by atoms with Crippen molar-refractivity contribution in [3.8, 4) is 11.5 Å². The Bertz CT molecular complexity index is 390. The van der Waals surface area contributed by atoms with E-state index in [1.807, 2.05) is 18.2 Å². The van der Waals surface area contributed by atoms with Crippen LogP contribution < -0.4 is 9.47 Å². The molecule has 0 spiro atoms. The normalized spacial score (nSPS) is 12.0. The Morgan fingerprint density at radius 3 is 2.16 bits per heavy atom. The summed E-state index contributed by atoms with van der Waals surface area (Å²) >= 11 is 0. The average molecular weight is 264 g/mol. The fourth-order valence-corrected chi connectivity index (χ4v) is 2.27. The van der Waals surface area contributed by atoms with Crippen molar-refractivity contribution in [1.29, 1.82) is 0 Å². The molecule has 0 fully saturated rings. The van der Waals surface area contributed by atoms with E-state index in [4.69, 9.17) is 9.47 Å². The number of unbranched alkanes of at least 4 members (excludes halogenated alkanes) is 1. The van der Waals surface area contributed by atoms with Crippen LogP contribution in [0.3, 0.4) is 0 Å². The highest BCUT2D eigenvalue weighted by atomic mass is 16.5. The molecule has 1 aromatic carbocycles. The van der Waals surface area contributed by atoms with E-state index in [2.05, 4.69) is 13.8 Å². The van der Waals surface area contributed by atoms with Crippen LogP contribution in [0.15, 0.2) is 18.2 Å². The zero-order valence-electron chi connectivity index (χ0n) is 12.4. The number of ketones is 1. The van der Waals surface area contributed by atoms with E-state index in [9.17, 15) is 4.79 Å². The van der Waals surface area contributed by atoms with Crippen LogP contribution in [0.5, 0.6) is 11.5 Å². The summed E-state index contributed by atoms with van der Waals surface area (Å²) in [5.41, 5.74) is 0.579. The Morgan fingerprint density at radius 2 is 1.74 bits per heavy atom. The van der Waals surface area contributed by atoms with Gasteiger partial charge >= 0.3 is 0 Å². The summed E-state index contributed by atoms with van der Waals surface area (Å²) in [5.74, 6) is 1.37. The molecule has 0 aliphatic carbocycles. The molecule has 1 aromatic rings. The third kappa shape index (κ3) is 3.72. The second-order valence-corrected chi connectivity index (χ2v) is 4.65. The summed E-state index contributed by atoms with van der Waals surface area (Å²) in [6.07, 6.45) is 3.95. The lowest BCUT2D eigenvalue weighted by Crippen LogP contribution is -2.16. The van der Waals surface area contributed by atoms with Crippen molar-refractivity contribution in [2.24, 2.45) is 5.92 Å². The number of hydrogen-bond acceptors (Lipinski definition) is 3. The van der Waals surface area contributed by atoms with Crippen LogP contribution in [0.2, 0.25) is 0 Å². The predicted molar refractivity (Wildman–Crippen MR) is 77.2 cm³/mol. The highest BCUT2D eigenvalue weighted by Gasteiger charge is 2.24. The van der Waals surface area contributed by atoms with Crippen LogP contribution >= 0.6 is 0 Å². The van der Waals surface area contributed by atoms with Crippen LogP contribution in [0.4, 0.5) is 0 Å². The van der Waals surface area contributed by atoms with Gasteiger partial charge in [0.15, 0.2) is 5.78 Å². The third-order valence-electron chi connectivity index (χ3n) is 3.44. The Kier molecular flexibility index (Phi) is 6.40. The number of carbonyl (C=O) groups is 1. The highest BCUT2D eigenvalue weighted by Crippen LogP contribution is 2.32. The number of benzene rings is 1. The molecular weight excluding hydrogens is 240 g/mol. The zero-order chi connectivity index (χ0) is 14.3. The first kappa shape index (κ1) is 15.5. The number of methoxy groups -OCH3 is 2. The molecule has 0 saturated heterocycles. The van der Waals surface area contributed by atoms with Gasteiger partial charge in [-0.3, -0.25) is 4.79 Å². The van der Waals surface area contributed by atoms with E-state index in [1.165, 1.54) is 0 Å². The van der Waals surface area contributed by atoms with Crippen molar-refractivity contribution >= 4 is 5.78 Å². The van der Waals surface area contributed by atoms with Gasteiger partial charge in [-0.25, -0.2) is 0 Å². The summed E-state index contributed by atoms with van der Waals surface area (Å²) in [5, 5.41) is 0. The van der Waals surface area contributed by atoms with E-state index in [0.717, 1.165) is 25.7 Å². The van der Waals surface area contributed by atoms with Crippen molar-refractivity contribution in [2.45, 2.75) is 39.5 Å². The molecule has 1 rings (SSSR count). The van der Waals surface area contributed by atoms with E-state index < -0.39 is 0 Å². The standard InChI is InChI=1S/C16H24O3/c1-5-7-9-12(6-2)16(17)15-13(18-3)10-8-11-14(15)19-4/h8,10-12H,5-7,9H2,1-4H3. The summed E-state index contributed by atoms with van der Waals surface area (Å²) < 4.78 is 10.6. The van der Waals surface area contributed by atoms with Crippen molar-refractivity contribution in [3.05, 3.63) is 23.8 Å². The predicted octanol–water partition coefficient (Wildman–Crippen LogP) is 4.10. The van der Waals surface area contributed by atoms with Gasteiger partial charge in [0.25, 0.3) is 0 Å². The maximum atomic E-state index is 12.7. The average Bonchev–Trinajstić information content (AvgIpc) is 2.46. The summed E-state index contributed by atoms with van der Waals surface area (Å²) in [6, 6.07) is 5.45. The van der Waals surface area contributed by atoms with E-state index >= 15 is 0 Å². The van der Waals surface area contributed by atoms with Gasteiger partial charge in [-0.2, -0.15) is 0 Å². The van der Waals surface area contributed by atoms with E-state index in [-0.39, 0.29) is 11.7 Å². The Hall–Kier alpha value is -1.51. The van der Waals surface area contributed by atoms with Crippen molar-refractivity contribution in [2.75, 3.05) is 14.2 Å². The van der Waals surface area contributed by atoms with Gasteiger partial charge in [0.1, 0.15) is 17.1 Å². The molecule has 1 atom stereocenters. The molecule has 19 heavy (non-hydrogen) atoms. The molecule has 0 aromatic heterocycles. The zero-order valence-corrected chi connectivity index (χ0v) is 12.4. The quantitative estimate of drug-likeness (QED) is 0.663. The van der Waals surface area contributed by atoms with Crippen LogP contribution in [0, 0.1) is 5.92 Å². The van der Waals surface area contributed by atoms with Gasteiger partial charge in [0, 0.05) is 5.92 Å². The second-order valence-electron chi connectivity index (χ2n) is 4.65. The number of ether oxygens (including phenoxy) is 2. The lowest BCUT2D eigenvalue weighted by molar-refractivity contribution is 0.0901. The highest BCUT2D eigenvalue weighted by molar-refractivity contribution is 6.02. The molecule has 3 heteroatoms. The molecule has 0 heterocycles. The molecule has 0 N–H and O–H groups in total. The summed E-state index contributed by atoms with van der Waals surface area (Å²) in [6.45, 7) is 4.20. The lowest BCUT2D eigenvalue weighted by Gasteiger charge is -2.17. The summed E-state index contributed by atoms with van der Waals surface area (Å²) in [7, 11) is 3.16. The minimum atomic E-state index is 0.0464. The van der Waals surface area contributed by atoms with Crippen LogP contribution in [-0.2, 0) is 0 Å². The maximum absolute atomic E-state index is 12.7. The van der Waals surface area contributed by atoms with Gasteiger partial charge < -0.3 is 9.47 Å². The maximum Gasteiger partial charge on any atom is 0.173 e. The number of carbonyl (C=O) groups excluding carboxylic acids is 1. The number of hydrogen-bond donors (Lipinski definition) is 0. The first-order chi connectivity index (χ1) is 9.19. The minimum Gasteiger partial charge on any atom is -0.496 e. The largest absolute Gasteiger partial charge is 0.496 e. The number of rotatable bonds is 8. The molecule has 1 unspecified atom stereocenters. The Morgan fingerprint density at radius 1 is 1.16 bits per heavy atom. The van der Waals surface area contributed by atoms with Gasteiger partial charge in [-0.15, -0.1) is 0 Å². The Balaban J connectivity index is 3.08. The van der Waals surface area contributed by atoms with Crippen molar-refractivity contribution < 1.29 is 14.3 Å². The van der Waals surface area contributed by atoms with Crippen LogP contribution in [-0.4, -0.2) is 20.0 Å². The SMILES string of the molecule is CCCCC(CC)C(=O)c1c(OC)cccc1OC. The van der Waals surface area contributed by atoms with Gasteiger partial charge in [0.2, 0.25) is 0 Å². The number of Topliss-reactive ketones (excluding diaryl/α,β-unsaturated/α-hetero) is 1. The molecule has 3 nitrogen and oxygen atoms in total. The van der Waals surface area contributed by atoms with Gasteiger partial charge in [-0.05, 0) is 25.0 Å². The fraction of sp³-hybridized carbons (Fsp3) is 0.562. The van der Waals surface area contributed by atoms with Gasteiger partial charge in [0.05, 0.1) is 14.2 Å². The Labute approximate surface area is 115 Å². The smallest absolute Gasteiger partial charge is 0.173 e. The van der Waals surface area contributed by atoms with Crippen molar-refractivity contribution in [3.63, 3.8) is 0 Å². The molecule has 0 saturated carbocycles. The van der Waals surface area contributed by atoms with E-state index in [0.29, 0.717) is 17.1 Å². The molecule has 0 aliphatic heterocycles. The molecular formula is C16H24O3. The first-order valence-electron chi connectivity index (χ1n) is 6.94. The first-order valence-corrected chi connectivity index (χ1v) is 6.94. The lowest BCUT2D eigenvalue weighted by atomic mass is 9.90. The third-order valence-corrected chi connectivity index (χ3v) is 3.44. The molecule has 0 radical (unpaired) electrons. The van der Waals surface area contributed by atoms with Crippen LogP contribution in [0.25, 0.3) is 0 Å². The second kappa shape index (κ2) is 7.82. The van der Waals surface area contributed by atoms with Gasteiger partial charge in [-0.1, -0.05) is 32.8 Å². The molecule has 0 bridgehead atoms. The topological polar surface area (TPSA) is 35.5 Å². The van der Waals surface area contributed by atoms with E-state index in [1.54, 1.807) is 14.2 Å². The molecule has 106 valence electrons. The van der Waals surface area contributed by atoms with Crippen LogP contribution in [0.1, 0.15) is 49.9 Å². The van der Waals surface area contributed by atoms with Crippen molar-refractivity contribution in [1.82, 2.24) is 0 Å². The minimum absolute atomic E-state index is 0.0464. The fourth-order valence-electron chi connectivity index (χ4n) is 2.27. The monoisotopic (exact) mass is 264 g/mol. The summed E-state index contributed by atoms with van der Waals surface area (Å²) in [4.78, 5) is 12.7. The molecule has 0 aliphatic rings. The molecule has 0 amide bonds.